The predicted octanol–water partition coefficient (Wildman–Crippen LogP) is 2.98. The maximum absolute atomic E-state index is 11.0. The first-order chi connectivity index (χ1) is 7.57. The molecule has 0 aromatic heterocycles. The summed E-state index contributed by atoms with van der Waals surface area (Å²) in [5, 5.41) is 10.4. The smallest absolute Gasteiger partial charge is 0.150 e. The lowest BCUT2D eigenvalue weighted by Crippen LogP contribution is -2.17. The first kappa shape index (κ1) is 16.6. The van der Waals surface area contributed by atoms with Gasteiger partial charge >= 0.3 is 0 Å². The minimum atomic E-state index is -0.177. The largest absolute Gasteiger partial charge is 0.507 e. The second-order valence-electron chi connectivity index (χ2n) is 6.58. The van der Waals surface area contributed by atoms with Crippen LogP contribution in [0.4, 0.5) is 0 Å². The molecule has 1 aromatic rings. The number of hydrogen-bond donors (Lipinski definition) is 1. The summed E-state index contributed by atoms with van der Waals surface area (Å²) in [6.45, 7) is 12.2. The normalized spacial score (nSPS) is 11.9. The summed E-state index contributed by atoms with van der Waals surface area (Å²) in [6, 6.07) is 3.55. The van der Waals surface area contributed by atoms with E-state index in [1.807, 2.05) is 41.5 Å². The maximum Gasteiger partial charge on any atom is 0.150 e. The van der Waals surface area contributed by atoms with Gasteiger partial charge in [-0.2, -0.15) is 0 Å². The van der Waals surface area contributed by atoms with Crippen molar-refractivity contribution < 1.29 is 15.4 Å². The quantitative estimate of drug-likeness (QED) is 0.781. The Kier molecular flexibility index (Phi) is 4.72. The predicted molar refractivity (Wildman–Crippen MR) is 74.5 cm³/mol. The van der Waals surface area contributed by atoms with Crippen LogP contribution in [0.2, 0.25) is 0 Å². The van der Waals surface area contributed by atoms with Gasteiger partial charge in [-0.15, -0.1) is 0 Å². The highest BCUT2D eigenvalue weighted by Crippen LogP contribution is 2.39. The molecule has 0 amide bonds. The zero-order valence-corrected chi connectivity index (χ0v) is 12.1. The topological polar surface area (TPSA) is 68.8 Å². The van der Waals surface area contributed by atoms with Crippen LogP contribution >= 0.6 is 0 Å². The van der Waals surface area contributed by atoms with E-state index in [0.717, 1.165) is 17.4 Å². The van der Waals surface area contributed by atoms with E-state index >= 15 is 0 Å². The van der Waals surface area contributed by atoms with Crippen LogP contribution < -0.4 is 0 Å². The van der Waals surface area contributed by atoms with E-state index in [9.17, 15) is 9.90 Å². The second kappa shape index (κ2) is 5.11. The van der Waals surface area contributed by atoms with Gasteiger partial charge in [0, 0.05) is 16.7 Å². The van der Waals surface area contributed by atoms with E-state index in [-0.39, 0.29) is 16.3 Å². The van der Waals surface area contributed by atoms with Crippen LogP contribution in [0.15, 0.2) is 12.1 Å². The Balaban J connectivity index is 0.00000289. The summed E-state index contributed by atoms with van der Waals surface area (Å²) < 4.78 is 0. The third kappa shape index (κ3) is 3.33. The van der Waals surface area contributed by atoms with E-state index in [2.05, 4.69) is 0 Å². The number of aldehydes is 1. The zero-order chi connectivity index (χ0) is 13.4. The lowest BCUT2D eigenvalue weighted by molar-refractivity contribution is 0.112. The van der Waals surface area contributed by atoms with Gasteiger partial charge < -0.3 is 10.6 Å². The van der Waals surface area contributed by atoms with E-state index in [4.69, 9.17) is 0 Å². The fraction of sp³-hybridized carbons (Fsp3) is 0.533. The van der Waals surface area contributed by atoms with Gasteiger partial charge in [0.2, 0.25) is 0 Å². The van der Waals surface area contributed by atoms with Crippen molar-refractivity contribution in [2.75, 3.05) is 0 Å². The van der Waals surface area contributed by atoms with Crippen molar-refractivity contribution in [2.24, 2.45) is 0 Å². The zero-order valence-electron chi connectivity index (χ0n) is 12.1. The minimum absolute atomic E-state index is 0. The van der Waals surface area contributed by atoms with Crippen LogP contribution in [0.25, 0.3) is 0 Å². The van der Waals surface area contributed by atoms with Crippen molar-refractivity contribution in [1.29, 1.82) is 0 Å². The molecular weight excluding hydrogens is 228 g/mol. The molecule has 0 aliphatic rings. The lowest BCUT2D eigenvalue weighted by Gasteiger charge is -2.27. The standard InChI is InChI=1S/C15H22O2.H2O/c1-14(2,3)11-7-10(9-16)8-12(13(11)17)15(4,5)6;/h7-9,17H,1-6H3;1H2. The first-order valence-electron chi connectivity index (χ1n) is 5.90. The number of aromatic hydroxyl groups is 1. The number of phenolic OH excluding ortho intramolecular Hbond substituents is 1. The lowest BCUT2D eigenvalue weighted by atomic mass is 9.78. The molecule has 0 heterocycles. The molecule has 0 saturated carbocycles. The van der Waals surface area contributed by atoms with Gasteiger partial charge in [0.25, 0.3) is 0 Å². The summed E-state index contributed by atoms with van der Waals surface area (Å²) in [6.07, 6.45) is 0.837. The molecule has 1 rings (SSSR count). The van der Waals surface area contributed by atoms with E-state index < -0.39 is 0 Å². The Hall–Kier alpha value is -1.35. The van der Waals surface area contributed by atoms with Gasteiger partial charge in [-0.1, -0.05) is 41.5 Å². The molecule has 3 N–H and O–H groups in total. The summed E-state index contributed by atoms with van der Waals surface area (Å²) in [5.74, 6) is 0.315. The van der Waals surface area contributed by atoms with Crippen molar-refractivity contribution in [3.63, 3.8) is 0 Å². The van der Waals surface area contributed by atoms with Crippen LogP contribution in [-0.2, 0) is 10.8 Å². The van der Waals surface area contributed by atoms with Crippen LogP contribution in [0, 0.1) is 0 Å². The van der Waals surface area contributed by atoms with Crippen LogP contribution in [-0.4, -0.2) is 16.9 Å². The van der Waals surface area contributed by atoms with Crippen LogP contribution in [0.1, 0.15) is 63.0 Å². The molecule has 3 nitrogen and oxygen atoms in total. The Bertz CT molecular complexity index is 399. The van der Waals surface area contributed by atoms with Crippen LogP contribution in [0.3, 0.4) is 0 Å². The molecule has 102 valence electrons. The number of benzene rings is 1. The van der Waals surface area contributed by atoms with E-state index in [1.54, 1.807) is 12.1 Å². The number of carbonyl (C=O) groups excluding carboxylic acids is 1. The van der Waals surface area contributed by atoms with Gasteiger partial charge in [-0.3, -0.25) is 4.79 Å². The highest BCUT2D eigenvalue weighted by atomic mass is 16.3. The minimum Gasteiger partial charge on any atom is -0.507 e. The highest BCUT2D eigenvalue weighted by molar-refractivity contribution is 5.77. The van der Waals surface area contributed by atoms with Crippen LogP contribution in [0.5, 0.6) is 5.75 Å². The number of hydrogen-bond acceptors (Lipinski definition) is 2. The number of carbonyl (C=O) groups is 1. The van der Waals surface area contributed by atoms with E-state index in [0.29, 0.717) is 11.3 Å². The molecule has 0 unspecified atom stereocenters. The third-order valence-electron chi connectivity index (χ3n) is 2.88. The Morgan fingerprint density at radius 1 is 0.944 bits per heavy atom. The molecule has 3 heteroatoms. The van der Waals surface area contributed by atoms with Crippen molar-refractivity contribution >= 4 is 6.29 Å². The molecule has 0 aliphatic heterocycles. The molecule has 18 heavy (non-hydrogen) atoms. The third-order valence-corrected chi connectivity index (χ3v) is 2.88. The molecule has 0 fully saturated rings. The summed E-state index contributed by atoms with van der Waals surface area (Å²) >= 11 is 0. The fourth-order valence-corrected chi connectivity index (χ4v) is 1.87. The molecule has 0 radical (unpaired) electrons. The van der Waals surface area contributed by atoms with Gasteiger partial charge in [-0.05, 0) is 23.0 Å². The molecule has 0 spiro atoms. The van der Waals surface area contributed by atoms with Crippen molar-refractivity contribution in [2.45, 2.75) is 52.4 Å². The van der Waals surface area contributed by atoms with Gasteiger partial charge in [0.15, 0.2) is 0 Å². The van der Waals surface area contributed by atoms with Crippen molar-refractivity contribution in [3.8, 4) is 5.75 Å². The SMILES string of the molecule is CC(C)(C)c1cc(C=O)cc(C(C)(C)C)c1O.O. The first-order valence-corrected chi connectivity index (χ1v) is 5.90. The average Bonchev–Trinajstić information content (AvgIpc) is 2.14. The fourth-order valence-electron chi connectivity index (χ4n) is 1.87. The molecule has 0 atom stereocenters. The Morgan fingerprint density at radius 2 is 1.28 bits per heavy atom. The van der Waals surface area contributed by atoms with Crippen molar-refractivity contribution in [3.05, 3.63) is 28.8 Å². The average molecular weight is 252 g/mol. The summed E-state index contributed by atoms with van der Waals surface area (Å²) in [7, 11) is 0. The number of phenols is 1. The highest BCUT2D eigenvalue weighted by Gasteiger charge is 2.26. The monoisotopic (exact) mass is 252 g/mol. The van der Waals surface area contributed by atoms with Crippen molar-refractivity contribution in [1.82, 2.24) is 0 Å². The van der Waals surface area contributed by atoms with E-state index in [1.165, 1.54) is 0 Å². The molecule has 0 saturated heterocycles. The number of rotatable bonds is 1. The summed E-state index contributed by atoms with van der Waals surface area (Å²) in [5.41, 5.74) is 1.92. The maximum atomic E-state index is 11.0. The second-order valence-corrected chi connectivity index (χ2v) is 6.58. The van der Waals surface area contributed by atoms with Gasteiger partial charge in [0.1, 0.15) is 12.0 Å². The van der Waals surface area contributed by atoms with Gasteiger partial charge in [0.05, 0.1) is 0 Å². The summed E-state index contributed by atoms with van der Waals surface area (Å²) in [4.78, 5) is 11.0. The van der Waals surface area contributed by atoms with Gasteiger partial charge in [-0.25, -0.2) is 0 Å². The molecule has 1 aromatic carbocycles. The molecule has 0 bridgehead atoms. The molecule has 0 aliphatic carbocycles. The Morgan fingerprint density at radius 3 is 1.50 bits per heavy atom. The molecular formula is C15H24O3. The Labute approximate surface area is 109 Å².